The van der Waals surface area contributed by atoms with Crippen molar-refractivity contribution in [2.45, 2.75) is 24.3 Å². The van der Waals surface area contributed by atoms with Gasteiger partial charge in [-0.3, -0.25) is 4.68 Å². The van der Waals surface area contributed by atoms with Crippen molar-refractivity contribution in [2.75, 3.05) is 25.5 Å². The Kier molecular flexibility index (Phi) is 3.60. The van der Waals surface area contributed by atoms with Gasteiger partial charge in [0, 0.05) is 25.8 Å². The number of anilines is 1. The first kappa shape index (κ1) is 13.3. The molecule has 1 fully saturated rings. The van der Waals surface area contributed by atoms with Gasteiger partial charge in [0.1, 0.15) is 4.90 Å². The molecule has 0 aromatic carbocycles. The van der Waals surface area contributed by atoms with E-state index in [1.54, 1.807) is 7.05 Å². The highest BCUT2D eigenvalue weighted by Crippen LogP contribution is 2.25. The van der Waals surface area contributed by atoms with Gasteiger partial charge in [-0.1, -0.05) is 6.92 Å². The zero-order valence-corrected chi connectivity index (χ0v) is 11.4. The van der Waals surface area contributed by atoms with Gasteiger partial charge in [-0.15, -0.1) is 0 Å². The maximum Gasteiger partial charge on any atom is 0.248 e. The summed E-state index contributed by atoms with van der Waals surface area (Å²) in [5.74, 6) is 0.0406. The Morgan fingerprint density at radius 3 is 2.89 bits per heavy atom. The quantitative estimate of drug-likeness (QED) is 0.824. The lowest BCUT2D eigenvalue weighted by molar-refractivity contribution is 0.0314. The molecule has 1 unspecified atom stereocenters. The average Bonchev–Trinajstić information content (AvgIpc) is 2.69. The fourth-order valence-electron chi connectivity index (χ4n) is 2.09. The number of nitrogen functional groups attached to an aromatic ring is 1. The molecule has 1 aromatic rings. The van der Waals surface area contributed by atoms with Gasteiger partial charge in [-0.05, 0) is 6.42 Å². The molecule has 8 heteroatoms. The van der Waals surface area contributed by atoms with Crippen molar-refractivity contribution in [1.29, 1.82) is 0 Å². The number of hydrogen-bond donors (Lipinski definition) is 1. The summed E-state index contributed by atoms with van der Waals surface area (Å²) in [5.41, 5.74) is 5.65. The van der Waals surface area contributed by atoms with Gasteiger partial charge in [0.05, 0.1) is 13.2 Å². The normalized spacial score (nSPS) is 22.2. The van der Waals surface area contributed by atoms with Crippen LogP contribution in [0.15, 0.2) is 11.1 Å². The topological polar surface area (TPSA) is 90.5 Å². The molecule has 102 valence electrons. The molecule has 0 bridgehead atoms. The van der Waals surface area contributed by atoms with Crippen LogP contribution in [0.3, 0.4) is 0 Å². The first-order chi connectivity index (χ1) is 8.46. The van der Waals surface area contributed by atoms with Crippen molar-refractivity contribution >= 4 is 15.8 Å². The molecule has 1 aliphatic heterocycles. The fraction of sp³-hybridized carbons (Fsp3) is 0.700. The molecule has 0 radical (unpaired) electrons. The van der Waals surface area contributed by atoms with Crippen molar-refractivity contribution < 1.29 is 13.2 Å². The van der Waals surface area contributed by atoms with Crippen LogP contribution in [0.1, 0.15) is 13.3 Å². The fourth-order valence-corrected chi connectivity index (χ4v) is 3.85. The molecule has 1 aromatic heterocycles. The number of hydrogen-bond acceptors (Lipinski definition) is 5. The van der Waals surface area contributed by atoms with Crippen molar-refractivity contribution in [1.82, 2.24) is 14.1 Å². The maximum absolute atomic E-state index is 12.5. The molecule has 0 aliphatic carbocycles. The molecule has 0 saturated carbocycles. The van der Waals surface area contributed by atoms with Crippen molar-refractivity contribution in [3.05, 3.63) is 6.20 Å². The summed E-state index contributed by atoms with van der Waals surface area (Å²) < 4.78 is 33.2. The molecule has 2 rings (SSSR count). The van der Waals surface area contributed by atoms with Crippen LogP contribution in [0.5, 0.6) is 0 Å². The number of rotatable bonds is 3. The molecule has 1 aliphatic rings. The molecule has 0 amide bonds. The van der Waals surface area contributed by atoms with Gasteiger partial charge in [-0.25, -0.2) is 8.42 Å². The summed E-state index contributed by atoms with van der Waals surface area (Å²) in [6, 6.07) is -0.136. The molecule has 2 N–H and O–H groups in total. The number of aryl methyl sites for hydroxylation is 1. The van der Waals surface area contributed by atoms with Crippen molar-refractivity contribution in [3.8, 4) is 0 Å². The van der Waals surface area contributed by atoms with Gasteiger partial charge >= 0.3 is 0 Å². The summed E-state index contributed by atoms with van der Waals surface area (Å²) in [6.45, 7) is 3.13. The van der Waals surface area contributed by atoms with Crippen LogP contribution in [0.4, 0.5) is 5.82 Å². The van der Waals surface area contributed by atoms with Crippen molar-refractivity contribution in [3.63, 3.8) is 0 Å². The van der Waals surface area contributed by atoms with E-state index < -0.39 is 10.0 Å². The van der Waals surface area contributed by atoms with E-state index in [4.69, 9.17) is 10.5 Å². The number of ether oxygens (including phenoxy) is 1. The third-order valence-electron chi connectivity index (χ3n) is 3.05. The first-order valence-electron chi connectivity index (χ1n) is 5.85. The van der Waals surface area contributed by atoms with E-state index in [0.717, 1.165) is 0 Å². The maximum atomic E-state index is 12.5. The number of aromatic nitrogens is 2. The van der Waals surface area contributed by atoms with Gasteiger partial charge in [0.15, 0.2) is 5.82 Å². The van der Waals surface area contributed by atoms with E-state index in [2.05, 4.69) is 5.10 Å². The van der Waals surface area contributed by atoms with E-state index in [1.807, 2.05) is 6.92 Å². The Bertz CT molecular complexity index is 525. The van der Waals surface area contributed by atoms with Gasteiger partial charge in [-0.2, -0.15) is 9.40 Å². The Morgan fingerprint density at radius 2 is 2.33 bits per heavy atom. The third kappa shape index (κ3) is 2.23. The van der Waals surface area contributed by atoms with Gasteiger partial charge in [0.25, 0.3) is 0 Å². The number of sulfonamides is 1. The smallest absolute Gasteiger partial charge is 0.248 e. The lowest BCUT2D eigenvalue weighted by atomic mass is 10.2. The Hall–Kier alpha value is -1.12. The minimum absolute atomic E-state index is 0.0406. The number of nitrogens with two attached hydrogens (primary N) is 1. The van der Waals surface area contributed by atoms with Gasteiger partial charge < -0.3 is 10.5 Å². The molecule has 0 spiro atoms. The highest BCUT2D eigenvalue weighted by Gasteiger charge is 2.35. The van der Waals surface area contributed by atoms with Crippen LogP contribution in [0.25, 0.3) is 0 Å². The third-order valence-corrected chi connectivity index (χ3v) is 5.02. The SMILES string of the molecule is CCC1COCCN1S(=O)(=O)c1cn(C)nc1N. The lowest BCUT2D eigenvalue weighted by Gasteiger charge is -2.33. The van der Waals surface area contributed by atoms with E-state index in [1.165, 1.54) is 15.2 Å². The Balaban J connectivity index is 2.38. The molecule has 7 nitrogen and oxygen atoms in total. The summed E-state index contributed by atoms with van der Waals surface area (Å²) in [6.07, 6.45) is 2.15. The second-order valence-corrected chi connectivity index (χ2v) is 6.16. The van der Waals surface area contributed by atoms with Gasteiger partial charge in [0.2, 0.25) is 10.0 Å². The molecular formula is C10H18N4O3S. The monoisotopic (exact) mass is 274 g/mol. The molecule has 2 heterocycles. The largest absolute Gasteiger partial charge is 0.381 e. The first-order valence-corrected chi connectivity index (χ1v) is 7.29. The summed E-state index contributed by atoms with van der Waals surface area (Å²) in [4.78, 5) is 0.0744. The van der Waals surface area contributed by atoms with Crippen LogP contribution < -0.4 is 5.73 Å². The van der Waals surface area contributed by atoms with E-state index >= 15 is 0 Å². The van der Waals surface area contributed by atoms with E-state index in [0.29, 0.717) is 26.2 Å². The summed E-state index contributed by atoms with van der Waals surface area (Å²) >= 11 is 0. The lowest BCUT2D eigenvalue weighted by Crippen LogP contribution is -2.48. The summed E-state index contributed by atoms with van der Waals surface area (Å²) in [5, 5.41) is 3.88. The molecular weight excluding hydrogens is 256 g/mol. The summed E-state index contributed by atoms with van der Waals surface area (Å²) in [7, 11) is -1.94. The van der Waals surface area contributed by atoms with Crippen LogP contribution in [-0.4, -0.2) is 48.3 Å². The molecule has 1 saturated heterocycles. The predicted octanol–water partition coefficient (Wildman–Crippen LogP) is -0.198. The second-order valence-electron chi connectivity index (χ2n) is 4.31. The predicted molar refractivity (Wildman–Crippen MR) is 66.4 cm³/mol. The van der Waals surface area contributed by atoms with Crippen LogP contribution in [0.2, 0.25) is 0 Å². The number of morpholine rings is 1. The van der Waals surface area contributed by atoms with Crippen LogP contribution in [-0.2, 0) is 21.8 Å². The zero-order chi connectivity index (χ0) is 13.3. The average molecular weight is 274 g/mol. The minimum Gasteiger partial charge on any atom is -0.381 e. The molecule has 1 atom stereocenters. The minimum atomic E-state index is -3.59. The second kappa shape index (κ2) is 4.87. The zero-order valence-electron chi connectivity index (χ0n) is 10.5. The van der Waals surface area contributed by atoms with Crippen molar-refractivity contribution in [2.24, 2.45) is 7.05 Å². The van der Waals surface area contributed by atoms with E-state index in [9.17, 15) is 8.42 Å². The number of nitrogens with zero attached hydrogens (tertiary/aromatic N) is 3. The van der Waals surface area contributed by atoms with Crippen LogP contribution >= 0.6 is 0 Å². The standard InChI is InChI=1S/C10H18N4O3S/c1-3-8-7-17-5-4-14(8)18(15,16)9-6-13(2)12-10(9)11/h6,8H,3-5,7H2,1-2H3,(H2,11,12). The highest BCUT2D eigenvalue weighted by molar-refractivity contribution is 7.89. The van der Waals surface area contributed by atoms with Crippen LogP contribution in [0, 0.1) is 0 Å². The Labute approximate surface area is 107 Å². The Morgan fingerprint density at radius 1 is 1.61 bits per heavy atom. The van der Waals surface area contributed by atoms with E-state index in [-0.39, 0.29) is 16.8 Å². The molecule has 18 heavy (non-hydrogen) atoms. The highest BCUT2D eigenvalue weighted by atomic mass is 32.2.